The molecule has 0 bridgehead atoms. The molecular formula is C18H23N5O2. The van der Waals surface area contributed by atoms with Crippen LogP contribution in [0, 0.1) is 0 Å². The van der Waals surface area contributed by atoms with Crippen LogP contribution in [-0.4, -0.2) is 53.6 Å². The fraction of sp³-hybridized carbons (Fsp3) is 0.389. The molecule has 7 nitrogen and oxygen atoms in total. The van der Waals surface area contributed by atoms with Crippen LogP contribution in [0.25, 0.3) is 0 Å². The van der Waals surface area contributed by atoms with Crippen molar-refractivity contribution in [1.29, 1.82) is 0 Å². The van der Waals surface area contributed by atoms with Crippen molar-refractivity contribution in [1.82, 2.24) is 14.9 Å². The second kappa shape index (κ2) is 8.43. The third kappa shape index (κ3) is 5.15. The number of methoxy groups -OCH3 is 1. The van der Waals surface area contributed by atoms with Gasteiger partial charge in [0, 0.05) is 37.1 Å². The summed E-state index contributed by atoms with van der Waals surface area (Å²) < 4.78 is 5.11. The number of nitrogens with zero attached hydrogens (tertiary/aromatic N) is 3. The predicted octanol–water partition coefficient (Wildman–Crippen LogP) is 2.00. The summed E-state index contributed by atoms with van der Waals surface area (Å²) in [5.41, 5.74) is 0.833. The van der Waals surface area contributed by atoms with Crippen molar-refractivity contribution in [2.45, 2.75) is 18.9 Å². The van der Waals surface area contributed by atoms with Gasteiger partial charge in [-0.3, -0.25) is 9.69 Å². The lowest BCUT2D eigenvalue weighted by molar-refractivity contribution is -0.117. The summed E-state index contributed by atoms with van der Waals surface area (Å²) >= 11 is 0. The molecule has 0 saturated carbocycles. The minimum Gasteiger partial charge on any atom is -0.481 e. The number of carbonyl (C=O) groups is 1. The first kappa shape index (κ1) is 17.2. The number of ether oxygens (including phenoxy) is 1. The third-order valence-corrected chi connectivity index (χ3v) is 4.18. The van der Waals surface area contributed by atoms with Gasteiger partial charge in [0.25, 0.3) is 0 Å². The molecule has 0 radical (unpaired) electrons. The number of benzene rings is 1. The molecule has 25 heavy (non-hydrogen) atoms. The van der Waals surface area contributed by atoms with Gasteiger partial charge in [-0.15, -0.1) is 0 Å². The molecule has 1 aromatic heterocycles. The monoisotopic (exact) mass is 341 g/mol. The summed E-state index contributed by atoms with van der Waals surface area (Å²) in [4.78, 5) is 22.8. The fourth-order valence-electron chi connectivity index (χ4n) is 2.87. The summed E-state index contributed by atoms with van der Waals surface area (Å²) in [6, 6.07) is 11.6. The molecular weight excluding hydrogens is 318 g/mol. The van der Waals surface area contributed by atoms with E-state index in [-0.39, 0.29) is 5.91 Å². The molecule has 0 atom stereocenters. The van der Waals surface area contributed by atoms with Crippen molar-refractivity contribution < 1.29 is 9.53 Å². The molecule has 2 N–H and O–H groups in total. The molecule has 0 unspecified atom stereocenters. The third-order valence-electron chi connectivity index (χ3n) is 4.18. The highest BCUT2D eigenvalue weighted by molar-refractivity contribution is 5.92. The minimum absolute atomic E-state index is 0.0220. The first-order valence-electron chi connectivity index (χ1n) is 8.44. The highest BCUT2D eigenvalue weighted by Gasteiger charge is 2.21. The summed E-state index contributed by atoms with van der Waals surface area (Å²) in [6.07, 6.45) is 3.57. The Hall–Kier alpha value is -2.67. The summed E-state index contributed by atoms with van der Waals surface area (Å²) in [5, 5.41) is 6.26. The normalized spacial score (nSPS) is 15.6. The SMILES string of the molecule is COc1ccnc(NC2CCN(CC(=O)Nc3ccccc3)CC2)n1. The maximum absolute atomic E-state index is 12.1. The van der Waals surface area contributed by atoms with E-state index < -0.39 is 0 Å². The quantitative estimate of drug-likeness (QED) is 0.837. The van der Waals surface area contributed by atoms with Crippen molar-refractivity contribution in [3.05, 3.63) is 42.6 Å². The second-order valence-electron chi connectivity index (χ2n) is 6.03. The van der Waals surface area contributed by atoms with Gasteiger partial charge in [-0.05, 0) is 25.0 Å². The number of carbonyl (C=O) groups excluding carboxylic acids is 1. The number of anilines is 2. The lowest BCUT2D eigenvalue weighted by atomic mass is 10.1. The standard InChI is InChI=1S/C18H23N5O2/c1-25-17-7-10-19-18(22-17)21-15-8-11-23(12-9-15)13-16(24)20-14-5-3-2-4-6-14/h2-7,10,15H,8-9,11-13H2,1H3,(H,20,24)(H,19,21,22). The Morgan fingerprint density at radius 2 is 2.00 bits per heavy atom. The van der Waals surface area contributed by atoms with Crippen LogP contribution >= 0.6 is 0 Å². The summed E-state index contributed by atoms with van der Waals surface area (Å²) in [6.45, 7) is 2.14. The smallest absolute Gasteiger partial charge is 0.238 e. The van der Waals surface area contributed by atoms with E-state index in [4.69, 9.17) is 4.74 Å². The number of para-hydroxylation sites is 1. The summed E-state index contributed by atoms with van der Waals surface area (Å²) in [7, 11) is 1.59. The van der Waals surface area contributed by atoms with E-state index in [2.05, 4.69) is 25.5 Å². The number of hydrogen-bond donors (Lipinski definition) is 2. The Bertz CT molecular complexity index is 687. The highest BCUT2D eigenvalue weighted by Crippen LogP contribution is 2.16. The van der Waals surface area contributed by atoms with Crippen LogP contribution in [0.15, 0.2) is 42.6 Å². The molecule has 2 heterocycles. The zero-order valence-electron chi connectivity index (χ0n) is 14.3. The number of rotatable bonds is 6. The highest BCUT2D eigenvalue weighted by atomic mass is 16.5. The van der Waals surface area contributed by atoms with Crippen LogP contribution in [0.4, 0.5) is 11.6 Å². The van der Waals surface area contributed by atoms with Crippen molar-refractivity contribution in [3.8, 4) is 5.88 Å². The molecule has 1 fully saturated rings. The molecule has 0 aliphatic carbocycles. The molecule has 1 saturated heterocycles. The Morgan fingerprint density at radius 3 is 2.72 bits per heavy atom. The maximum atomic E-state index is 12.1. The Kier molecular flexibility index (Phi) is 5.79. The van der Waals surface area contributed by atoms with Gasteiger partial charge in [0.2, 0.25) is 17.7 Å². The lowest BCUT2D eigenvalue weighted by Crippen LogP contribution is -2.42. The van der Waals surface area contributed by atoms with Gasteiger partial charge in [-0.1, -0.05) is 18.2 Å². The number of piperidine rings is 1. The fourth-order valence-corrected chi connectivity index (χ4v) is 2.87. The van der Waals surface area contributed by atoms with Crippen molar-refractivity contribution in [2.24, 2.45) is 0 Å². The van der Waals surface area contributed by atoms with Crippen LogP contribution in [0.1, 0.15) is 12.8 Å². The van der Waals surface area contributed by atoms with Gasteiger partial charge in [0.15, 0.2) is 0 Å². The zero-order chi connectivity index (χ0) is 17.5. The number of amides is 1. The molecule has 1 aliphatic heterocycles. The van der Waals surface area contributed by atoms with Crippen molar-refractivity contribution >= 4 is 17.5 Å². The summed E-state index contributed by atoms with van der Waals surface area (Å²) in [5.74, 6) is 1.15. The number of likely N-dealkylation sites (tertiary alicyclic amines) is 1. The Morgan fingerprint density at radius 1 is 1.24 bits per heavy atom. The van der Waals surface area contributed by atoms with E-state index in [1.165, 1.54) is 0 Å². The van der Waals surface area contributed by atoms with Crippen LogP contribution in [0.3, 0.4) is 0 Å². The van der Waals surface area contributed by atoms with Crippen LogP contribution in [0.2, 0.25) is 0 Å². The first-order valence-corrected chi connectivity index (χ1v) is 8.44. The topological polar surface area (TPSA) is 79.4 Å². The minimum atomic E-state index is 0.0220. The van der Waals surface area contributed by atoms with E-state index in [9.17, 15) is 4.79 Å². The largest absolute Gasteiger partial charge is 0.481 e. The van der Waals surface area contributed by atoms with E-state index in [1.807, 2.05) is 30.3 Å². The number of hydrogen-bond acceptors (Lipinski definition) is 6. The van der Waals surface area contributed by atoms with Gasteiger partial charge >= 0.3 is 0 Å². The average molecular weight is 341 g/mol. The maximum Gasteiger partial charge on any atom is 0.238 e. The Labute approximate surface area is 147 Å². The van der Waals surface area contributed by atoms with Crippen molar-refractivity contribution in [2.75, 3.05) is 37.4 Å². The van der Waals surface area contributed by atoms with E-state index in [1.54, 1.807) is 19.4 Å². The van der Waals surface area contributed by atoms with Crippen molar-refractivity contribution in [3.63, 3.8) is 0 Å². The van der Waals surface area contributed by atoms with E-state index in [0.29, 0.717) is 24.4 Å². The van der Waals surface area contributed by atoms with Gasteiger partial charge < -0.3 is 15.4 Å². The molecule has 2 aromatic rings. The Balaban J connectivity index is 1.43. The predicted molar refractivity (Wildman–Crippen MR) is 96.7 cm³/mol. The average Bonchev–Trinajstić information content (AvgIpc) is 2.64. The van der Waals surface area contributed by atoms with E-state index in [0.717, 1.165) is 31.6 Å². The number of aromatic nitrogens is 2. The van der Waals surface area contributed by atoms with E-state index >= 15 is 0 Å². The molecule has 1 aliphatic rings. The number of nitrogens with one attached hydrogen (secondary N) is 2. The van der Waals surface area contributed by atoms with Gasteiger partial charge in [-0.2, -0.15) is 4.98 Å². The molecule has 3 rings (SSSR count). The molecule has 0 spiro atoms. The first-order chi connectivity index (χ1) is 12.2. The molecule has 1 amide bonds. The van der Waals surface area contributed by atoms with Crippen LogP contribution < -0.4 is 15.4 Å². The van der Waals surface area contributed by atoms with Gasteiger partial charge in [-0.25, -0.2) is 4.98 Å². The second-order valence-corrected chi connectivity index (χ2v) is 6.03. The lowest BCUT2D eigenvalue weighted by Gasteiger charge is -2.31. The molecule has 132 valence electrons. The molecule has 7 heteroatoms. The van der Waals surface area contributed by atoms with Gasteiger partial charge in [0.1, 0.15) is 0 Å². The molecule has 1 aromatic carbocycles. The zero-order valence-corrected chi connectivity index (χ0v) is 14.3. The van der Waals surface area contributed by atoms with Crippen LogP contribution in [-0.2, 0) is 4.79 Å². The van der Waals surface area contributed by atoms with Crippen LogP contribution in [0.5, 0.6) is 5.88 Å². The van der Waals surface area contributed by atoms with Gasteiger partial charge in [0.05, 0.1) is 13.7 Å².